The summed E-state index contributed by atoms with van der Waals surface area (Å²) in [6.07, 6.45) is 1.71. The maximum Gasteiger partial charge on any atom is 0.162 e. The number of phenols is 1. The number of ether oxygens (including phenoxy) is 1. The van der Waals surface area contributed by atoms with E-state index in [-0.39, 0.29) is 5.75 Å². The first-order valence-corrected chi connectivity index (χ1v) is 7.94. The van der Waals surface area contributed by atoms with Crippen LogP contribution in [0.2, 0.25) is 0 Å². The third-order valence-electron chi connectivity index (χ3n) is 4.11. The van der Waals surface area contributed by atoms with Crippen molar-refractivity contribution in [1.29, 1.82) is 0 Å². The van der Waals surface area contributed by atoms with Crippen LogP contribution in [0.25, 0.3) is 33.4 Å². The molecule has 25 heavy (non-hydrogen) atoms. The summed E-state index contributed by atoms with van der Waals surface area (Å²) in [7, 11) is 1.52. The molecule has 4 rings (SSSR count). The van der Waals surface area contributed by atoms with Crippen molar-refractivity contribution < 1.29 is 9.84 Å². The number of aromatic hydroxyl groups is 1. The van der Waals surface area contributed by atoms with Crippen LogP contribution in [-0.4, -0.2) is 22.2 Å². The van der Waals surface area contributed by atoms with Gasteiger partial charge in [0, 0.05) is 23.2 Å². The third-order valence-corrected chi connectivity index (χ3v) is 4.11. The molecule has 1 heterocycles. The van der Waals surface area contributed by atoms with Crippen molar-refractivity contribution in [3.8, 4) is 34.0 Å². The molecule has 122 valence electrons. The van der Waals surface area contributed by atoms with Gasteiger partial charge in [-0.15, -0.1) is 0 Å². The fourth-order valence-electron chi connectivity index (χ4n) is 2.82. The zero-order chi connectivity index (χ0) is 17.2. The lowest BCUT2D eigenvalue weighted by Crippen LogP contribution is -1.92. The van der Waals surface area contributed by atoms with Crippen molar-refractivity contribution >= 4 is 10.9 Å². The minimum absolute atomic E-state index is 0.0809. The molecular weight excluding hydrogens is 312 g/mol. The van der Waals surface area contributed by atoms with Crippen molar-refractivity contribution in [3.63, 3.8) is 0 Å². The van der Waals surface area contributed by atoms with E-state index in [2.05, 4.69) is 34.2 Å². The van der Waals surface area contributed by atoms with E-state index in [0.717, 1.165) is 27.6 Å². The number of rotatable bonds is 3. The molecule has 0 radical (unpaired) electrons. The molecule has 0 aliphatic rings. The Balaban J connectivity index is 1.80. The van der Waals surface area contributed by atoms with Gasteiger partial charge in [0.25, 0.3) is 0 Å². The van der Waals surface area contributed by atoms with Crippen LogP contribution in [0.3, 0.4) is 0 Å². The quantitative estimate of drug-likeness (QED) is 0.593. The predicted molar refractivity (Wildman–Crippen MR) is 98.6 cm³/mol. The van der Waals surface area contributed by atoms with E-state index in [9.17, 15) is 5.11 Å². The number of methoxy groups -OCH3 is 1. The highest BCUT2D eigenvalue weighted by Gasteiger charge is 2.09. The Bertz CT molecular complexity index is 1050. The Morgan fingerprint density at radius 1 is 0.840 bits per heavy atom. The summed E-state index contributed by atoms with van der Waals surface area (Å²) in [5.41, 5.74) is 3.93. The van der Waals surface area contributed by atoms with Gasteiger partial charge in [-0.25, -0.2) is 9.97 Å². The first-order chi connectivity index (χ1) is 12.2. The second kappa shape index (κ2) is 6.24. The summed E-state index contributed by atoms with van der Waals surface area (Å²) >= 11 is 0. The molecule has 4 aromatic rings. The molecule has 0 bridgehead atoms. The van der Waals surface area contributed by atoms with Gasteiger partial charge in [0.15, 0.2) is 17.3 Å². The van der Waals surface area contributed by atoms with Crippen LogP contribution in [0.4, 0.5) is 0 Å². The summed E-state index contributed by atoms with van der Waals surface area (Å²) in [5.74, 6) is 1.12. The van der Waals surface area contributed by atoms with E-state index in [4.69, 9.17) is 4.74 Å². The van der Waals surface area contributed by atoms with Crippen LogP contribution in [0.1, 0.15) is 0 Å². The lowest BCUT2D eigenvalue weighted by molar-refractivity contribution is 0.374. The van der Waals surface area contributed by atoms with Crippen LogP contribution in [0, 0.1) is 0 Å². The number of phenolic OH excluding ortho intramolecular Hbond substituents is 1. The highest BCUT2D eigenvalue weighted by Crippen LogP contribution is 2.31. The van der Waals surface area contributed by atoms with Crippen LogP contribution < -0.4 is 4.74 Å². The molecule has 0 fully saturated rings. The Hall–Kier alpha value is -3.40. The van der Waals surface area contributed by atoms with Crippen molar-refractivity contribution in [2.75, 3.05) is 7.11 Å². The third kappa shape index (κ3) is 2.90. The Morgan fingerprint density at radius 2 is 1.60 bits per heavy atom. The molecule has 0 aliphatic heterocycles. The Morgan fingerprint density at radius 3 is 2.40 bits per heavy atom. The number of aromatic nitrogens is 2. The second-order valence-electron chi connectivity index (χ2n) is 5.72. The Kier molecular flexibility index (Phi) is 3.78. The van der Waals surface area contributed by atoms with Gasteiger partial charge in [0.05, 0.1) is 12.6 Å². The van der Waals surface area contributed by atoms with Crippen LogP contribution in [-0.2, 0) is 0 Å². The molecule has 0 spiro atoms. The van der Waals surface area contributed by atoms with Crippen molar-refractivity contribution in [3.05, 3.63) is 72.9 Å². The van der Waals surface area contributed by atoms with Gasteiger partial charge >= 0.3 is 0 Å². The van der Waals surface area contributed by atoms with Gasteiger partial charge in [-0.2, -0.15) is 0 Å². The SMILES string of the molecule is COc1cc2nc(-c3cccc(-c4ccccc4)c3)ncc2cc1O. The fourth-order valence-corrected chi connectivity index (χ4v) is 2.82. The number of hydrogen-bond donors (Lipinski definition) is 1. The zero-order valence-electron chi connectivity index (χ0n) is 13.7. The highest BCUT2D eigenvalue weighted by atomic mass is 16.5. The van der Waals surface area contributed by atoms with Gasteiger partial charge in [-0.3, -0.25) is 0 Å². The minimum Gasteiger partial charge on any atom is -0.504 e. The van der Waals surface area contributed by atoms with Gasteiger partial charge < -0.3 is 9.84 Å². The average molecular weight is 328 g/mol. The molecule has 4 nitrogen and oxygen atoms in total. The molecule has 0 saturated heterocycles. The Labute approximate surface area is 145 Å². The summed E-state index contributed by atoms with van der Waals surface area (Å²) in [6.45, 7) is 0. The molecule has 0 unspecified atom stereocenters. The summed E-state index contributed by atoms with van der Waals surface area (Å²) < 4.78 is 5.17. The molecule has 0 aliphatic carbocycles. The standard InChI is InChI=1S/C21H16N2O2/c1-25-20-12-18-17(11-19(20)24)13-22-21(23-18)16-9-5-8-15(10-16)14-6-3-2-4-7-14/h2-13,24H,1H3. The number of nitrogens with zero attached hydrogens (tertiary/aromatic N) is 2. The number of fused-ring (bicyclic) bond motifs is 1. The van der Waals surface area contributed by atoms with Gasteiger partial charge in [-0.05, 0) is 23.3 Å². The average Bonchev–Trinajstić information content (AvgIpc) is 2.68. The van der Waals surface area contributed by atoms with Crippen LogP contribution in [0.15, 0.2) is 72.9 Å². The van der Waals surface area contributed by atoms with Crippen LogP contribution in [0.5, 0.6) is 11.5 Å². The first kappa shape index (κ1) is 15.1. The lowest BCUT2D eigenvalue weighted by atomic mass is 10.0. The maximum absolute atomic E-state index is 9.88. The maximum atomic E-state index is 9.88. The molecular formula is C21H16N2O2. The molecule has 1 aromatic heterocycles. The van der Waals surface area contributed by atoms with Gasteiger partial charge in [0.2, 0.25) is 0 Å². The van der Waals surface area contributed by atoms with E-state index in [0.29, 0.717) is 11.6 Å². The predicted octanol–water partition coefficient (Wildman–Crippen LogP) is 4.68. The molecule has 4 heteroatoms. The molecule has 3 aromatic carbocycles. The summed E-state index contributed by atoms with van der Waals surface area (Å²) in [6, 6.07) is 21.7. The van der Waals surface area contributed by atoms with E-state index >= 15 is 0 Å². The van der Waals surface area contributed by atoms with E-state index in [1.54, 1.807) is 18.3 Å². The lowest BCUT2D eigenvalue weighted by Gasteiger charge is -2.08. The molecule has 0 amide bonds. The summed E-state index contributed by atoms with van der Waals surface area (Å²) in [5, 5.41) is 10.6. The molecule has 1 N–H and O–H groups in total. The van der Waals surface area contributed by atoms with Crippen LogP contribution >= 0.6 is 0 Å². The van der Waals surface area contributed by atoms with Crippen molar-refractivity contribution in [2.45, 2.75) is 0 Å². The van der Waals surface area contributed by atoms with Crippen molar-refractivity contribution in [1.82, 2.24) is 9.97 Å². The van der Waals surface area contributed by atoms with Gasteiger partial charge in [0.1, 0.15) is 0 Å². The van der Waals surface area contributed by atoms with E-state index in [1.807, 2.05) is 30.3 Å². The summed E-state index contributed by atoms with van der Waals surface area (Å²) in [4.78, 5) is 9.07. The van der Waals surface area contributed by atoms with Crippen molar-refractivity contribution in [2.24, 2.45) is 0 Å². The number of hydrogen-bond acceptors (Lipinski definition) is 4. The van der Waals surface area contributed by atoms with E-state index in [1.165, 1.54) is 7.11 Å². The topological polar surface area (TPSA) is 55.2 Å². The minimum atomic E-state index is 0.0809. The smallest absolute Gasteiger partial charge is 0.162 e. The zero-order valence-corrected chi connectivity index (χ0v) is 13.7. The fraction of sp³-hybridized carbons (Fsp3) is 0.0476. The normalized spacial score (nSPS) is 10.8. The molecule has 0 saturated carbocycles. The monoisotopic (exact) mass is 328 g/mol. The molecule has 0 atom stereocenters. The van der Waals surface area contributed by atoms with Gasteiger partial charge in [-0.1, -0.05) is 48.5 Å². The largest absolute Gasteiger partial charge is 0.504 e. The first-order valence-electron chi connectivity index (χ1n) is 7.94. The number of benzene rings is 3. The highest BCUT2D eigenvalue weighted by molar-refractivity contribution is 5.83. The van der Waals surface area contributed by atoms with E-state index < -0.39 is 0 Å². The second-order valence-corrected chi connectivity index (χ2v) is 5.72.